The Morgan fingerprint density at radius 2 is 2.00 bits per heavy atom. The third-order valence-electron chi connectivity index (χ3n) is 2.73. The van der Waals surface area contributed by atoms with E-state index >= 15 is 0 Å². The Labute approximate surface area is 120 Å². The van der Waals surface area contributed by atoms with E-state index in [4.69, 9.17) is 0 Å². The molecule has 0 unspecified atom stereocenters. The van der Waals surface area contributed by atoms with Gasteiger partial charge in [0.1, 0.15) is 5.69 Å². The zero-order valence-corrected chi connectivity index (χ0v) is 11.9. The van der Waals surface area contributed by atoms with Crippen molar-refractivity contribution in [1.29, 1.82) is 0 Å². The molecule has 0 saturated carbocycles. The summed E-state index contributed by atoms with van der Waals surface area (Å²) in [5, 5.41) is 21.3. The first-order chi connectivity index (χ1) is 9.77. The molecule has 2 rings (SSSR count). The summed E-state index contributed by atoms with van der Waals surface area (Å²) in [5.41, 5.74) is -0.0400. The maximum Gasteiger partial charge on any atom is 0.274 e. The highest BCUT2D eigenvalue weighted by molar-refractivity contribution is 5.57. The van der Waals surface area contributed by atoms with E-state index in [0.717, 1.165) is 0 Å². The standard InChI is InChI=1S/C13H15N5O3/c1-13(2,3)10-11(19)15-12(17-16-10)14-8-5-4-6-9(7-8)18(20)21/h4-7H,1-3H3,(H2,14,15,17,19). The van der Waals surface area contributed by atoms with Crippen LogP contribution in [-0.2, 0) is 5.41 Å². The molecule has 1 aromatic heterocycles. The number of aromatic nitrogens is 3. The molecule has 110 valence electrons. The second-order valence-corrected chi connectivity index (χ2v) is 5.53. The second-order valence-electron chi connectivity index (χ2n) is 5.53. The van der Waals surface area contributed by atoms with Crippen molar-refractivity contribution in [3.8, 4) is 0 Å². The Hall–Kier alpha value is -2.77. The molecule has 21 heavy (non-hydrogen) atoms. The normalized spacial score (nSPS) is 11.2. The van der Waals surface area contributed by atoms with Crippen molar-refractivity contribution in [2.75, 3.05) is 5.32 Å². The van der Waals surface area contributed by atoms with Crippen LogP contribution < -0.4 is 10.9 Å². The molecule has 2 N–H and O–H groups in total. The molecule has 1 heterocycles. The van der Waals surface area contributed by atoms with E-state index in [9.17, 15) is 14.9 Å². The third kappa shape index (κ3) is 3.41. The van der Waals surface area contributed by atoms with Crippen LogP contribution in [0.5, 0.6) is 0 Å². The van der Waals surface area contributed by atoms with E-state index in [2.05, 4.69) is 20.5 Å². The van der Waals surface area contributed by atoms with Crippen LogP contribution in [0.15, 0.2) is 29.1 Å². The number of benzene rings is 1. The van der Waals surface area contributed by atoms with Crippen molar-refractivity contribution in [3.63, 3.8) is 0 Å². The molecule has 1 aromatic carbocycles. The van der Waals surface area contributed by atoms with Crippen LogP contribution in [0.1, 0.15) is 26.5 Å². The predicted molar refractivity (Wildman–Crippen MR) is 77.7 cm³/mol. The van der Waals surface area contributed by atoms with E-state index in [0.29, 0.717) is 11.4 Å². The van der Waals surface area contributed by atoms with Crippen molar-refractivity contribution < 1.29 is 4.92 Å². The van der Waals surface area contributed by atoms with Gasteiger partial charge in [-0.1, -0.05) is 26.8 Å². The molecule has 0 bridgehead atoms. The summed E-state index contributed by atoms with van der Waals surface area (Å²) in [6.45, 7) is 5.58. The third-order valence-corrected chi connectivity index (χ3v) is 2.73. The van der Waals surface area contributed by atoms with Gasteiger partial charge in [-0.25, -0.2) is 0 Å². The van der Waals surface area contributed by atoms with Crippen molar-refractivity contribution in [2.45, 2.75) is 26.2 Å². The fraction of sp³-hybridized carbons (Fsp3) is 0.308. The summed E-state index contributed by atoms with van der Waals surface area (Å²) in [5.74, 6) is 0.133. The molecule has 0 atom stereocenters. The lowest BCUT2D eigenvalue weighted by molar-refractivity contribution is -0.384. The first kappa shape index (κ1) is 14.6. The predicted octanol–water partition coefficient (Wildman–Crippen LogP) is 2.11. The molecule has 8 nitrogen and oxygen atoms in total. The zero-order valence-electron chi connectivity index (χ0n) is 11.9. The van der Waals surface area contributed by atoms with E-state index in [1.807, 2.05) is 20.8 Å². The molecule has 8 heteroatoms. The number of nitrogens with one attached hydrogen (secondary N) is 2. The Kier molecular flexibility index (Phi) is 3.70. The largest absolute Gasteiger partial charge is 0.324 e. The fourth-order valence-electron chi connectivity index (χ4n) is 1.72. The van der Waals surface area contributed by atoms with Gasteiger partial charge >= 0.3 is 0 Å². The fourth-order valence-corrected chi connectivity index (χ4v) is 1.72. The Morgan fingerprint density at radius 1 is 1.29 bits per heavy atom. The number of non-ortho nitro benzene ring substituents is 1. The minimum Gasteiger partial charge on any atom is -0.324 e. The minimum atomic E-state index is -0.498. The molecule has 0 aliphatic rings. The minimum absolute atomic E-state index is 0.0541. The molecular formula is C13H15N5O3. The number of nitrogens with zero attached hydrogens (tertiary/aromatic N) is 3. The lowest BCUT2D eigenvalue weighted by atomic mass is 9.93. The number of nitro benzene ring substituents is 1. The average molecular weight is 289 g/mol. The maximum atomic E-state index is 11.9. The van der Waals surface area contributed by atoms with E-state index in [1.165, 1.54) is 18.2 Å². The zero-order chi connectivity index (χ0) is 15.6. The molecule has 0 spiro atoms. The molecule has 0 radical (unpaired) electrons. The van der Waals surface area contributed by atoms with Crippen molar-refractivity contribution in [3.05, 3.63) is 50.4 Å². The van der Waals surface area contributed by atoms with Crippen LogP contribution in [0.2, 0.25) is 0 Å². The topological polar surface area (TPSA) is 114 Å². The van der Waals surface area contributed by atoms with Crippen molar-refractivity contribution in [1.82, 2.24) is 15.2 Å². The maximum absolute atomic E-state index is 11.9. The molecule has 0 saturated heterocycles. The average Bonchev–Trinajstić information content (AvgIpc) is 2.37. The number of aromatic amines is 1. The van der Waals surface area contributed by atoms with Gasteiger partial charge in [0.15, 0.2) is 0 Å². The highest BCUT2D eigenvalue weighted by Crippen LogP contribution is 2.19. The molecule has 0 amide bonds. The van der Waals surface area contributed by atoms with Gasteiger partial charge in [0.05, 0.1) is 4.92 Å². The van der Waals surface area contributed by atoms with Crippen LogP contribution in [0.3, 0.4) is 0 Å². The quantitative estimate of drug-likeness (QED) is 0.660. The highest BCUT2D eigenvalue weighted by atomic mass is 16.6. The summed E-state index contributed by atoms with van der Waals surface area (Å²) in [4.78, 5) is 24.7. The highest BCUT2D eigenvalue weighted by Gasteiger charge is 2.20. The SMILES string of the molecule is CC(C)(C)c1nnc(Nc2cccc([N+](=O)[O-])c2)[nH]c1=O. The van der Waals surface area contributed by atoms with E-state index < -0.39 is 10.3 Å². The van der Waals surface area contributed by atoms with Gasteiger partial charge in [-0.2, -0.15) is 0 Å². The number of hydrogen-bond acceptors (Lipinski definition) is 6. The van der Waals surface area contributed by atoms with E-state index in [-0.39, 0.29) is 17.2 Å². The number of hydrogen-bond donors (Lipinski definition) is 2. The summed E-state index contributed by atoms with van der Waals surface area (Å²) in [6.07, 6.45) is 0. The van der Waals surface area contributed by atoms with Crippen LogP contribution in [-0.4, -0.2) is 20.1 Å². The van der Waals surface area contributed by atoms with Gasteiger partial charge in [-0.15, -0.1) is 10.2 Å². The number of nitro groups is 1. The number of rotatable bonds is 3. The lowest BCUT2D eigenvalue weighted by Gasteiger charge is -2.15. The van der Waals surface area contributed by atoms with Crippen LogP contribution in [0, 0.1) is 10.1 Å². The van der Waals surface area contributed by atoms with Crippen molar-refractivity contribution in [2.24, 2.45) is 0 Å². The summed E-state index contributed by atoms with van der Waals surface area (Å²) in [6, 6.07) is 5.89. The monoisotopic (exact) mass is 289 g/mol. The Bertz CT molecular complexity index is 733. The summed E-state index contributed by atoms with van der Waals surface area (Å²) >= 11 is 0. The van der Waals surface area contributed by atoms with Crippen LogP contribution >= 0.6 is 0 Å². The Morgan fingerprint density at radius 3 is 2.57 bits per heavy atom. The molecule has 0 aliphatic heterocycles. The Balaban J connectivity index is 2.29. The van der Waals surface area contributed by atoms with E-state index in [1.54, 1.807) is 6.07 Å². The second kappa shape index (κ2) is 5.31. The summed E-state index contributed by atoms with van der Waals surface area (Å²) < 4.78 is 0. The van der Waals surface area contributed by atoms with Crippen molar-refractivity contribution >= 4 is 17.3 Å². The molecule has 0 fully saturated rings. The van der Waals surface area contributed by atoms with Crippen LogP contribution in [0.25, 0.3) is 0 Å². The number of anilines is 2. The first-order valence-corrected chi connectivity index (χ1v) is 6.26. The molecular weight excluding hydrogens is 274 g/mol. The van der Waals surface area contributed by atoms with Gasteiger partial charge in [0.2, 0.25) is 5.95 Å². The number of H-pyrrole nitrogens is 1. The van der Waals surface area contributed by atoms with Crippen LogP contribution in [0.4, 0.5) is 17.3 Å². The lowest BCUT2D eigenvalue weighted by Crippen LogP contribution is -2.28. The van der Waals surface area contributed by atoms with Gasteiger partial charge < -0.3 is 5.32 Å². The van der Waals surface area contributed by atoms with Gasteiger partial charge in [0.25, 0.3) is 11.2 Å². The smallest absolute Gasteiger partial charge is 0.274 e. The van der Waals surface area contributed by atoms with Gasteiger partial charge in [-0.3, -0.25) is 19.9 Å². The first-order valence-electron chi connectivity index (χ1n) is 6.26. The van der Waals surface area contributed by atoms with Gasteiger partial charge in [-0.05, 0) is 6.07 Å². The molecule has 2 aromatic rings. The van der Waals surface area contributed by atoms with Gasteiger partial charge in [0, 0.05) is 23.2 Å². The summed E-state index contributed by atoms with van der Waals surface area (Å²) in [7, 11) is 0. The molecule has 0 aliphatic carbocycles.